The molecule has 0 aromatic carbocycles. The lowest BCUT2D eigenvalue weighted by molar-refractivity contribution is -0.384. The molecule has 94 valence electrons. The van der Waals surface area contributed by atoms with E-state index in [9.17, 15) is 10.1 Å². The monoisotopic (exact) mass is 266 g/mol. The minimum Gasteiger partial charge on any atom is -0.481 e. The van der Waals surface area contributed by atoms with Gasteiger partial charge in [-0.05, 0) is 0 Å². The maximum Gasteiger partial charge on any atom is 0.311 e. The van der Waals surface area contributed by atoms with Crippen LogP contribution < -0.4 is 10.1 Å². The minimum atomic E-state index is -0.490. The van der Waals surface area contributed by atoms with Gasteiger partial charge in [-0.2, -0.15) is 4.98 Å². The third kappa shape index (κ3) is 2.72. The molecule has 0 saturated carbocycles. The molecule has 0 bridgehead atoms. The highest BCUT2D eigenvalue weighted by atomic mass is 32.1. The number of anilines is 1. The van der Waals surface area contributed by atoms with Crippen LogP contribution >= 0.6 is 11.3 Å². The summed E-state index contributed by atoms with van der Waals surface area (Å²) < 4.78 is 4.94. The van der Waals surface area contributed by atoms with Crippen molar-refractivity contribution in [1.82, 2.24) is 9.97 Å². The van der Waals surface area contributed by atoms with Gasteiger partial charge >= 0.3 is 5.69 Å². The third-order valence-corrected chi connectivity index (χ3v) is 2.81. The first-order chi connectivity index (χ1) is 8.70. The standard InChI is InChI=1S/C10H10N4O3S/c1-17-9-3-2-8(14(15)16)10(13-9)11-4-7-5-18-6-12-7/h2-3,5-6H,4H2,1H3,(H,11,13). The van der Waals surface area contributed by atoms with Crippen LogP contribution in [0.5, 0.6) is 5.88 Å². The summed E-state index contributed by atoms with van der Waals surface area (Å²) in [6.07, 6.45) is 0. The number of nitrogens with one attached hydrogen (secondary N) is 1. The molecule has 2 aromatic rings. The second kappa shape index (κ2) is 5.41. The van der Waals surface area contributed by atoms with E-state index in [2.05, 4.69) is 15.3 Å². The number of rotatable bonds is 5. The molecule has 0 unspecified atom stereocenters. The molecule has 2 rings (SSSR count). The van der Waals surface area contributed by atoms with E-state index in [1.54, 1.807) is 5.51 Å². The van der Waals surface area contributed by atoms with E-state index in [0.717, 1.165) is 5.69 Å². The maximum atomic E-state index is 10.9. The van der Waals surface area contributed by atoms with Gasteiger partial charge in [-0.25, -0.2) is 4.98 Å². The van der Waals surface area contributed by atoms with Gasteiger partial charge < -0.3 is 10.1 Å². The van der Waals surface area contributed by atoms with Crippen LogP contribution in [-0.4, -0.2) is 22.0 Å². The molecule has 0 aliphatic heterocycles. The second-order valence-electron chi connectivity index (χ2n) is 3.31. The molecule has 2 heterocycles. The van der Waals surface area contributed by atoms with Crippen LogP contribution in [0.3, 0.4) is 0 Å². The molecule has 2 aromatic heterocycles. The first-order valence-corrected chi connectivity index (χ1v) is 5.95. The zero-order chi connectivity index (χ0) is 13.0. The first kappa shape index (κ1) is 12.2. The average molecular weight is 266 g/mol. The summed E-state index contributed by atoms with van der Waals surface area (Å²) in [6, 6.07) is 2.81. The van der Waals surface area contributed by atoms with Crippen molar-refractivity contribution in [3.8, 4) is 5.88 Å². The smallest absolute Gasteiger partial charge is 0.311 e. The highest BCUT2D eigenvalue weighted by molar-refractivity contribution is 7.07. The van der Waals surface area contributed by atoms with Gasteiger partial charge in [0.15, 0.2) is 0 Å². The Bertz CT molecular complexity index is 544. The summed E-state index contributed by atoms with van der Waals surface area (Å²) in [5.41, 5.74) is 2.41. The van der Waals surface area contributed by atoms with Gasteiger partial charge in [0.25, 0.3) is 0 Å². The van der Waals surface area contributed by atoms with Crippen LogP contribution in [-0.2, 0) is 6.54 Å². The van der Waals surface area contributed by atoms with Crippen LogP contribution in [0.4, 0.5) is 11.5 Å². The molecule has 0 radical (unpaired) electrons. The Labute approximate surface area is 107 Å². The third-order valence-electron chi connectivity index (χ3n) is 2.17. The molecule has 0 atom stereocenters. The van der Waals surface area contributed by atoms with E-state index in [-0.39, 0.29) is 11.5 Å². The number of nitrogens with zero attached hydrogens (tertiary/aromatic N) is 3. The van der Waals surface area contributed by atoms with Crippen molar-refractivity contribution in [2.24, 2.45) is 0 Å². The van der Waals surface area contributed by atoms with Gasteiger partial charge in [-0.3, -0.25) is 10.1 Å². The number of hydrogen-bond acceptors (Lipinski definition) is 7. The summed E-state index contributed by atoms with van der Waals surface area (Å²) in [4.78, 5) is 18.5. The van der Waals surface area contributed by atoms with Crippen molar-refractivity contribution in [2.45, 2.75) is 6.54 Å². The lowest BCUT2D eigenvalue weighted by Crippen LogP contribution is -2.05. The molecular weight excluding hydrogens is 256 g/mol. The van der Waals surface area contributed by atoms with Crippen molar-refractivity contribution < 1.29 is 9.66 Å². The van der Waals surface area contributed by atoms with E-state index in [4.69, 9.17) is 4.74 Å². The van der Waals surface area contributed by atoms with Gasteiger partial charge in [0.05, 0.1) is 29.8 Å². The van der Waals surface area contributed by atoms with E-state index >= 15 is 0 Å². The van der Waals surface area contributed by atoms with Crippen molar-refractivity contribution in [3.05, 3.63) is 38.8 Å². The van der Waals surface area contributed by atoms with Gasteiger partial charge in [0.1, 0.15) is 0 Å². The molecule has 0 amide bonds. The number of ether oxygens (including phenoxy) is 1. The topological polar surface area (TPSA) is 90.2 Å². The quantitative estimate of drug-likeness (QED) is 0.658. The normalized spacial score (nSPS) is 10.1. The lowest BCUT2D eigenvalue weighted by atomic mass is 10.3. The summed E-state index contributed by atoms with van der Waals surface area (Å²) >= 11 is 1.46. The van der Waals surface area contributed by atoms with Crippen LogP contribution in [0.15, 0.2) is 23.0 Å². The Kier molecular flexibility index (Phi) is 3.68. The Morgan fingerprint density at radius 3 is 3.00 bits per heavy atom. The molecule has 0 aliphatic carbocycles. The zero-order valence-electron chi connectivity index (χ0n) is 9.49. The average Bonchev–Trinajstić information content (AvgIpc) is 2.88. The Balaban J connectivity index is 2.20. The summed E-state index contributed by atoms with van der Waals surface area (Å²) in [5.74, 6) is 0.494. The fourth-order valence-corrected chi connectivity index (χ4v) is 1.88. The highest BCUT2D eigenvalue weighted by Crippen LogP contribution is 2.25. The maximum absolute atomic E-state index is 10.9. The Hall–Kier alpha value is -2.22. The lowest BCUT2D eigenvalue weighted by Gasteiger charge is -2.06. The molecule has 8 heteroatoms. The molecular formula is C10H10N4O3S. The number of aromatic nitrogens is 2. The number of methoxy groups -OCH3 is 1. The largest absolute Gasteiger partial charge is 0.481 e. The number of hydrogen-bond donors (Lipinski definition) is 1. The van der Waals surface area contributed by atoms with E-state index < -0.39 is 4.92 Å². The highest BCUT2D eigenvalue weighted by Gasteiger charge is 2.16. The predicted molar refractivity (Wildman–Crippen MR) is 66.9 cm³/mol. The summed E-state index contributed by atoms with van der Waals surface area (Å²) in [7, 11) is 1.46. The molecule has 0 saturated heterocycles. The molecule has 0 aliphatic rings. The molecule has 7 nitrogen and oxygen atoms in total. The van der Waals surface area contributed by atoms with Crippen molar-refractivity contribution in [1.29, 1.82) is 0 Å². The molecule has 0 spiro atoms. The van der Waals surface area contributed by atoms with E-state index in [0.29, 0.717) is 12.4 Å². The van der Waals surface area contributed by atoms with Crippen LogP contribution in [0.1, 0.15) is 5.69 Å². The fourth-order valence-electron chi connectivity index (χ4n) is 1.32. The van der Waals surface area contributed by atoms with E-state index in [1.807, 2.05) is 5.38 Å². The molecule has 0 fully saturated rings. The number of pyridine rings is 1. The SMILES string of the molecule is COc1ccc([N+](=O)[O-])c(NCc2cscn2)n1. The van der Waals surface area contributed by atoms with Crippen LogP contribution in [0.2, 0.25) is 0 Å². The van der Waals surface area contributed by atoms with Gasteiger partial charge in [0.2, 0.25) is 11.7 Å². The fraction of sp³-hybridized carbons (Fsp3) is 0.200. The van der Waals surface area contributed by atoms with Crippen LogP contribution in [0.25, 0.3) is 0 Å². The van der Waals surface area contributed by atoms with Crippen LogP contribution in [0, 0.1) is 10.1 Å². The molecule has 1 N–H and O–H groups in total. The zero-order valence-corrected chi connectivity index (χ0v) is 10.3. The number of thiazole rings is 1. The van der Waals surface area contributed by atoms with E-state index in [1.165, 1.54) is 30.6 Å². The second-order valence-corrected chi connectivity index (χ2v) is 4.03. The van der Waals surface area contributed by atoms with Crippen molar-refractivity contribution in [3.63, 3.8) is 0 Å². The first-order valence-electron chi connectivity index (χ1n) is 5.01. The van der Waals surface area contributed by atoms with Crippen molar-refractivity contribution >= 4 is 22.8 Å². The summed E-state index contributed by atoms with van der Waals surface area (Å²) in [5, 5.41) is 15.6. The minimum absolute atomic E-state index is 0.0916. The van der Waals surface area contributed by atoms with Gasteiger partial charge in [0, 0.05) is 17.5 Å². The number of nitro groups is 1. The van der Waals surface area contributed by atoms with Gasteiger partial charge in [-0.15, -0.1) is 11.3 Å². The molecule has 18 heavy (non-hydrogen) atoms. The predicted octanol–water partition coefficient (Wildman–Crippen LogP) is 2.07. The Morgan fingerprint density at radius 2 is 2.39 bits per heavy atom. The summed E-state index contributed by atoms with van der Waals surface area (Å²) in [6.45, 7) is 0.379. The van der Waals surface area contributed by atoms with Crippen molar-refractivity contribution in [2.75, 3.05) is 12.4 Å². The van der Waals surface area contributed by atoms with Gasteiger partial charge in [-0.1, -0.05) is 0 Å². The Morgan fingerprint density at radius 1 is 1.56 bits per heavy atom.